The molecule has 1 rings (SSSR count). The van der Waals surface area contributed by atoms with Gasteiger partial charge in [0.05, 0.1) is 18.9 Å². The second-order valence-electron chi connectivity index (χ2n) is 10.4. The number of rotatable bonds is 13. The van der Waals surface area contributed by atoms with Crippen molar-refractivity contribution in [2.75, 3.05) is 7.11 Å². The standard InChI is InChI=1S/C28H43NO8/c1-10-24(30)35-18(6)14-28(29,27(33)34-9)15-21-11-12-22(36-25(31)19(7)16(2)3)23(13-21)37-26(32)20(8)17(4)5/h11-13,16-20H,10,14-15,29H2,1-9H3/t18?,19?,20?,28-/m1/s1. The molecule has 0 spiro atoms. The maximum atomic E-state index is 12.8. The third-order valence-corrected chi connectivity index (χ3v) is 6.56. The normalized spacial score (nSPS) is 15.4. The van der Waals surface area contributed by atoms with Crippen LogP contribution in [0.4, 0.5) is 0 Å². The van der Waals surface area contributed by atoms with Gasteiger partial charge in [-0.25, -0.2) is 0 Å². The lowest BCUT2D eigenvalue weighted by molar-refractivity contribution is -0.154. The largest absolute Gasteiger partial charge is 0.468 e. The lowest BCUT2D eigenvalue weighted by Gasteiger charge is -2.29. The van der Waals surface area contributed by atoms with Crippen LogP contribution in [0.25, 0.3) is 0 Å². The van der Waals surface area contributed by atoms with Gasteiger partial charge in [0.1, 0.15) is 11.6 Å². The Balaban J connectivity index is 3.37. The number of hydrogen-bond donors (Lipinski definition) is 1. The molecule has 3 unspecified atom stereocenters. The summed E-state index contributed by atoms with van der Waals surface area (Å²) in [4.78, 5) is 49.7. The van der Waals surface area contributed by atoms with Crippen molar-refractivity contribution < 1.29 is 38.1 Å². The fourth-order valence-electron chi connectivity index (χ4n) is 3.43. The SMILES string of the molecule is CCC(=O)OC(C)C[C@@](N)(Cc1ccc(OC(=O)C(C)C(C)C)c(OC(=O)C(C)C(C)C)c1)C(=O)OC. The van der Waals surface area contributed by atoms with Gasteiger partial charge in [0.25, 0.3) is 0 Å². The van der Waals surface area contributed by atoms with E-state index in [1.807, 2.05) is 27.7 Å². The van der Waals surface area contributed by atoms with Gasteiger partial charge < -0.3 is 24.7 Å². The van der Waals surface area contributed by atoms with Crippen molar-refractivity contribution in [1.82, 2.24) is 0 Å². The van der Waals surface area contributed by atoms with Crippen LogP contribution in [-0.4, -0.2) is 42.6 Å². The molecule has 4 atom stereocenters. The van der Waals surface area contributed by atoms with Crippen molar-refractivity contribution in [3.8, 4) is 11.5 Å². The predicted octanol–water partition coefficient (Wildman–Crippen LogP) is 4.23. The smallest absolute Gasteiger partial charge is 0.326 e. The fourth-order valence-corrected chi connectivity index (χ4v) is 3.43. The van der Waals surface area contributed by atoms with Crippen molar-refractivity contribution in [3.63, 3.8) is 0 Å². The molecule has 1 aromatic rings. The van der Waals surface area contributed by atoms with Gasteiger partial charge in [-0.05, 0) is 36.5 Å². The zero-order valence-corrected chi connectivity index (χ0v) is 23.6. The lowest BCUT2D eigenvalue weighted by Crippen LogP contribution is -2.53. The Bertz CT molecular complexity index is 958. The number of carbonyl (C=O) groups excluding carboxylic acids is 4. The van der Waals surface area contributed by atoms with Gasteiger partial charge >= 0.3 is 23.9 Å². The molecule has 0 bridgehead atoms. The molecule has 0 aliphatic carbocycles. The Hall–Kier alpha value is -2.94. The van der Waals surface area contributed by atoms with Crippen LogP contribution in [0.15, 0.2) is 18.2 Å². The summed E-state index contributed by atoms with van der Waals surface area (Å²) in [5.74, 6) is -2.56. The number of hydrogen-bond acceptors (Lipinski definition) is 9. The molecule has 9 heteroatoms. The summed E-state index contributed by atoms with van der Waals surface area (Å²) in [5, 5.41) is 0. The van der Waals surface area contributed by atoms with E-state index in [1.54, 1.807) is 33.8 Å². The molecule has 0 fully saturated rings. The van der Waals surface area contributed by atoms with Crippen molar-refractivity contribution in [1.29, 1.82) is 0 Å². The average Bonchev–Trinajstić information content (AvgIpc) is 2.83. The minimum absolute atomic E-state index is 0.00536. The van der Waals surface area contributed by atoms with Gasteiger partial charge in [-0.2, -0.15) is 0 Å². The van der Waals surface area contributed by atoms with Crippen molar-refractivity contribution in [2.24, 2.45) is 29.4 Å². The average molecular weight is 522 g/mol. The lowest BCUT2D eigenvalue weighted by atomic mass is 9.86. The minimum atomic E-state index is -1.53. The molecule has 0 aliphatic heterocycles. The number of ether oxygens (including phenoxy) is 4. The van der Waals surface area contributed by atoms with Crippen LogP contribution in [0.1, 0.15) is 73.8 Å². The zero-order valence-electron chi connectivity index (χ0n) is 23.6. The Morgan fingerprint density at radius 2 is 1.38 bits per heavy atom. The minimum Gasteiger partial charge on any atom is -0.468 e. The molecule has 1 aromatic carbocycles. The second-order valence-corrected chi connectivity index (χ2v) is 10.4. The zero-order chi connectivity index (χ0) is 28.5. The summed E-state index contributed by atoms with van der Waals surface area (Å²) in [6, 6.07) is 4.68. The number of esters is 4. The molecule has 37 heavy (non-hydrogen) atoms. The molecule has 0 aliphatic rings. The van der Waals surface area contributed by atoms with E-state index in [0.717, 1.165) is 0 Å². The summed E-state index contributed by atoms with van der Waals surface area (Å²) in [6.07, 6.45) is -0.444. The van der Waals surface area contributed by atoms with Crippen LogP contribution in [0.5, 0.6) is 11.5 Å². The first-order chi connectivity index (χ1) is 17.1. The fraction of sp³-hybridized carbons (Fsp3) is 0.643. The summed E-state index contributed by atoms with van der Waals surface area (Å²) < 4.78 is 21.5. The topological polar surface area (TPSA) is 131 Å². The van der Waals surface area contributed by atoms with E-state index in [0.29, 0.717) is 5.56 Å². The maximum Gasteiger partial charge on any atom is 0.326 e. The molecule has 0 saturated heterocycles. The predicted molar refractivity (Wildman–Crippen MR) is 139 cm³/mol. The highest BCUT2D eigenvalue weighted by molar-refractivity contribution is 5.81. The Labute approximate surface area is 220 Å². The highest BCUT2D eigenvalue weighted by Crippen LogP contribution is 2.33. The summed E-state index contributed by atoms with van der Waals surface area (Å²) >= 11 is 0. The van der Waals surface area contributed by atoms with Crippen LogP contribution in [0.3, 0.4) is 0 Å². The highest BCUT2D eigenvalue weighted by atomic mass is 16.6. The highest BCUT2D eigenvalue weighted by Gasteiger charge is 2.38. The van der Waals surface area contributed by atoms with Gasteiger partial charge in [-0.1, -0.05) is 54.5 Å². The van der Waals surface area contributed by atoms with Crippen LogP contribution in [-0.2, 0) is 35.1 Å². The second kappa shape index (κ2) is 14.1. The van der Waals surface area contributed by atoms with Gasteiger partial charge in [-0.15, -0.1) is 0 Å². The van der Waals surface area contributed by atoms with Crippen LogP contribution < -0.4 is 15.2 Å². The van der Waals surface area contributed by atoms with Crippen molar-refractivity contribution in [3.05, 3.63) is 23.8 Å². The van der Waals surface area contributed by atoms with E-state index in [9.17, 15) is 19.2 Å². The Kier molecular flexibility index (Phi) is 12.2. The molecular weight excluding hydrogens is 478 g/mol. The number of methoxy groups -OCH3 is 1. The maximum absolute atomic E-state index is 12.8. The first kappa shape index (κ1) is 32.1. The van der Waals surface area contributed by atoms with Crippen molar-refractivity contribution >= 4 is 23.9 Å². The van der Waals surface area contributed by atoms with E-state index >= 15 is 0 Å². The van der Waals surface area contributed by atoms with Gasteiger partial charge in [0.2, 0.25) is 0 Å². The molecule has 208 valence electrons. The van der Waals surface area contributed by atoms with E-state index in [4.69, 9.17) is 24.7 Å². The van der Waals surface area contributed by atoms with E-state index in [2.05, 4.69) is 0 Å². The van der Waals surface area contributed by atoms with E-state index < -0.39 is 41.4 Å². The summed E-state index contributed by atoms with van der Waals surface area (Å²) in [5.41, 5.74) is 5.49. The van der Waals surface area contributed by atoms with Gasteiger partial charge in [-0.3, -0.25) is 19.2 Å². The number of carbonyl (C=O) groups is 4. The Morgan fingerprint density at radius 1 is 0.865 bits per heavy atom. The number of nitrogens with two attached hydrogens (primary N) is 1. The monoisotopic (exact) mass is 521 g/mol. The van der Waals surface area contributed by atoms with Crippen LogP contribution in [0.2, 0.25) is 0 Å². The van der Waals surface area contributed by atoms with E-state index in [-0.39, 0.29) is 48.5 Å². The summed E-state index contributed by atoms with van der Waals surface area (Å²) in [6.45, 7) is 14.5. The Morgan fingerprint density at radius 3 is 1.84 bits per heavy atom. The quantitative estimate of drug-likeness (QED) is 0.299. The van der Waals surface area contributed by atoms with Gasteiger partial charge in [0, 0.05) is 19.3 Å². The molecular formula is C28H43NO8. The van der Waals surface area contributed by atoms with Crippen molar-refractivity contribution in [2.45, 2.75) is 86.3 Å². The molecule has 0 aromatic heterocycles. The molecule has 0 saturated carbocycles. The first-order valence-corrected chi connectivity index (χ1v) is 12.8. The molecule has 9 nitrogen and oxygen atoms in total. The summed E-state index contributed by atoms with van der Waals surface area (Å²) in [7, 11) is 1.23. The van der Waals surface area contributed by atoms with Crippen LogP contribution in [0, 0.1) is 23.7 Å². The molecule has 2 N–H and O–H groups in total. The third-order valence-electron chi connectivity index (χ3n) is 6.56. The number of benzene rings is 1. The first-order valence-electron chi connectivity index (χ1n) is 12.8. The third kappa shape index (κ3) is 9.46. The van der Waals surface area contributed by atoms with Crippen LogP contribution >= 0.6 is 0 Å². The molecule has 0 amide bonds. The van der Waals surface area contributed by atoms with Gasteiger partial charge in [0.15, 0.2) is 11.5 Å². The van der Waals surface area contributed by atoms with E-state index in [1.165, 1.54) is 19.2 Å². The molecule has 0 heterocycles. The molecule has 0 radical (unpaired) electrons.